The van der Waals surface area contributed by atoms with Gasteiger partial charge in [0.1, 0.15) is 5.75 Å². The van der Waals surface area contributed by atoms with Crippen LogP contribution >= 0.6 is 0 Å². The summed E-state index contributed by atoms with van der Waals surface area (Å²) in [6.45, 7) is 13.5. The smallest absolute Gasteiger partial charge is 0.193 e. The van der Waals surface area contributed by atoms with E-state index in [2.05, 4.69) is 46.4 Å². The summed E-state index contributed by atoms with van der Waals surface area (Å²) < 4.78 is 12.5. The zero-order valence-electron chi connectivity index (χ0n) is 17.1. The van der Waals surface area contributed by atoms with Crippen LogP contribution in [0.5, 0.6) is 5.75 Å². The molecule has 1 rings (SSSR count). The highest BCUT2D eigenvalue weighted by atomic mass is 28.4. The number of hydrogen-bond acceptors (Lipinski definition) is 2. The van der Waals surface area contributed by atoms with Crippen LogP contribution in [0.4, 0.5) is 0 Å². The second kappa shape index (κ2) is 11.5. The fourth-order valence-corrected chi connectivity index (χ4v) is 6.20. The van der Waals surface area contributed by atoms with Crippen LogP contribution in [-0.2, 0) is 4.43 Å². The molecule has 0 spiro atoms. The molecule has 1 unspecified atom stereocenters. The van der Waals surface area contributed by atoms with Gasteiger partial charge in [0, 0.05) is 5.56 Å². The molecule has 0 heterocycles. The maximum Gasteiger partial charge on any atom is 0.193 e. The van der Waals surface area contributed by atoms with E-state index in [1.54, 1.807) is 7.11 Å². The maximum absolute atomic E-state index is 6.89. The van der Waals surface area contributed by atoms with Crippen molar-refractivity contribution in [3.8, 4) is 5.75 Å². The molecule has 1 aromatic rings. The quantitative estimate of drug-likeness (QED) is 0.208. The molecule has 0 saturated carbocycles. The molecule has 0 bridgehead atoms. The first-order valence-electron chi connectivity index (χ1n) is 10.1. The van der Waals surface area contributed by atoms with Crippen molar-refractivity contribution in [2.24, 2.45) is 0 Å². The lowest BCUT2D eigenvalue weighted by Crippen LogP contribution is -2.37. The van der Waals surface area contributed by atoms with Gasteiger partial charge in [-0.25, -0.2) is 0 Å². The number of para-hydroxylation sites is 1. The van der Waals surface area contributed by atoms with Gasteiger partial charge in [-0.1, -0.05) is 71.7 Å². The first kappa shape index (κ1) is 22.0. The predicted octanol–water partition coefficient (Wildman–Crippen LogP) is 7.28. The summed E-state index contributed by atoms with van der Waals surface area (Å²) in [5, 5.41) is 0. The Morgan fingerprint density at radius 2 is 1.64 bits per heavy atom. The second-order valence-electron chi connectivity index (χ2n) is 6.95. The van der Waals surface area contributed by atoms with E-state index in [4.69, 9.17) is 9.16 Å². The summed E-state index contributed by atoms with van der Waals surface area (Å²) in [7, 11) is 0.00760. The fraction of sp³-hybridized carbons (Fsp3) is 0.636. The molecule has 0 aliphatic carbocycles. The lowest BCUT2D eigenvalue weighted by Gasteiger charge is -2.35. The number of rotatable bonds is 13. The summed E-state index contributed by atoms with van der Waals surface area (Å²) in [5.41, 5.74) is 2.34. The third-order valence-electron chi connectivity index (χ3n) is 5.44. The topological polar surface area (TPSA) is 18.5 Å². The molecule has 2 nitrogen and oxygen atoms in total. The van der Waals surface area contributed by atoms with E-state index >= 15 is 0 Å². The average Bonchev–Trinajstić information content (AvgIpc) is 2.67. The summed E-state index contributed by atoms with van der Waals surface area (Å²) in [6.07, 6.45) is 6.02. The standard InChI is InChI=1S/C22H38O2Si/c1-7-11-12-13-16-19(5)22(24-25(8-2,9-3)10-4)20-17-14-15-18-21(20)23-6/h14-15,17-18,22H,5,7-13,16H2,1-4,6H3. The van der Waals surface area contributed by atoms with Crippen LogP contribution in [0.1, 0.15) is 71.5 Å². The van der Waals surface area contributed by atoms with Gasteiger partial charge < -0.3 is 9.16 Å². The largest absolute Gasteiger partial charge is 0.496 e. The number of methoxy groups -OCH3 is 1. The Kier molecular flexibility index (Phi) is 10.1. The molecule has 142 valence electrons. The first-order valence-corrected chi connectivity index (χ1v) is 12.6. The molecule has 3 heteroatoms. The van der Waals surface area contributed by atoms with Crippen molar-refractivity contribution in [1.82, 2.24) is 0 Å². The summed E-state index contributed by atoms with van der Waals surface area (Å²) in [5.74, 6) is 0.911. The molecule has 1 aromatic carbocycles. The summed E-state index contributed by atoms with van der Waals surface area (Å²) >= 11 is 0. The molecule has 0 N–H and O–H groups in total. The van der Waals surface area contributed by atoms with Crippen LogP contribution in [0, 0.1) is 0 Å². The van der Waals surface area contributed by atoms with Crippen molar-refractivity contribution in [3.05, 3.63) is 42.0 Å². The molecule has 0 fully saturated rings. The second-order valence-corrected chi connectivity index (χ2v) is 11.7. The minimum atomic E-state index is -1.73. The van der Waals surface area contributed by atoms with Crippen LogP contribution in [0.25, 0.3) is 0 Å². The van der Waals surface area contributed by atoms with Gasteiger partial charge in [-0.3, -0.25) is 0 Å². The van der Waals surface area contributed by atoms with Crippen LogP contribution in [-0.4, -0.2) is 15.4 Å². The Labute approximate surface area is 156 Å². The molecule has 1 atom stereocenters. The van der Waals surface area contributed by atoms with Gasteiger partial charge in [-0.05, 0) is 42.6 Å². The minimum Gasteiger partial charge on any atom is -0.496 e. The van der Waals surface area contributed by atoms with E-state index < -0.39 is 8.32 Å². The van der Waals surface area contributed by atoms with E-state index in [1.807, 2.05) is 12.1 Å². The highest BCUT2D eigenvalue weighted by Crippen LogP contribution is 2.39. The molecule has 0 aliphatic heterocycles. The van der Waals surface area contributed by atoms with E-state index in [1.165, 1.54) is 31.3 Å². The van der Waals surface area contributed by atoms with Crippen molar-refractivity contribution in [1.29, 1.82) is 0 Å². The summed E-state index contributed by atoms with van der Waals surface area (Å²) in [4.78, 5) is 0. The SMILES string of the molecule is C=C(CCCCCC)C(O[Si](CC)(CC)CC)c1ccccc1OC. The third kappa shape index (κ3) is 6.30. The van der Waals surface area contributed by atoms with Crippen LogP contribution < -0.4 is 4.74 Å². The molecule has 0 amide bonds. The lowest BCUT2D eigenvalue weighted by molar-refractivity contribution is 0.215. The van der Waals surface area contributed by atoms with E-state index in [0.29, 0.717) is 0 Å². The lowest BCUT2D eigenvalue weighted by atomic mass is 9.97. The van der Waals surface area contributed by atoms with Crippen molar-refractivity contribution < 1.29 is 9.16 Å². The fourth-order valence-electron chi connectivity index (χ4n) is 3.41. The average molecular weight is 363 g/mol. The van der Waals surface area contributed by atoms with Gasteiger partial charge >= 0.3 is 0 Å². The number of unbranched alkanes of at least 4 members (excludes halogenated alkanes) is 3. The molecular formula is C22H38O2Si. The highest BCUT2D eigenvalue weighted by molar-refractivity contribution is 6.73. The van der Waals surface area contributed by atoms with Gasteiger partial charge in [-0.15, -0.1) is 0 Å². The van der Waals surface area contributed by atoms with Crippen molar-refractivity contribution >= 4 is 8.32 Å². The normalized spacial score (nSPS) is 12.8. The first-order chi connectivity index (χ1) is 12.1. The molecule has 0 aliphatic rings. The van der Waals surface area contributed by atoms with Crippen LogP contribution in [0.2, 0.25) is 18.1 Å². The van der Waals surface area contributed by atoms with Crippen molar-refractivity contribution in [2.75, 3.05) is 7.11 Å². The summed E-state index contributed by atoms with van der Waals surface area (Å²) in [6, 6.07) is 11.7. The van der Waals surface area contributed by atoms with Gasteiger partial charge in [-0.2, -0.15) is 0 Å². The van der Waals surface area contributed by atoms with Crippen LogP contribution in [0.15, 0.2) is 36.4 Å². The Bertz CT molecular complexity index is 500. The van der Waals surface area contributed by atoms with Gasteiger partial charge in [0.2, 0.25) is 0 Å². The number of ether oxygens (including phenoxy) is 1. The number of hydrogen-bond donors (Lipinski definition) is 0. The Balaban J connectivity index is 3.07. The van der Waals surface area contributed by atoms with Gasteiger partial charge in [0.15, 0.2) is 8.32 Å². The Hall–Kier alpha value is -1.06. The van der Waals surface area contributed by atoms with Crippen molar-refractivity contribution in [3.63, 3.8) is 0 Å². The zero-order valence-corrected chi connectivity index (χ0v) is 18.1. The minimum absolute atomic E-state index is 0.0377. The molecule has 0 radical (unpaired) electrons. The zero-order chi connectivity index (χ0) is 18.7. The Morgan fingerprint density at radius 1 is 1.00 bits per heavy atom. The highest BCUT2D eigenvalue weighted by Gasteiger charge is 2.34. The van der Waals surface area contributed by atoms with Gasteiger partial charge in [0.25, 0.3) is 0 Å². The monoisotopic (exact) mass is 362 g/mol. The van der Waals surface area contributed by atoms with Gasteiger partial charge in [0.05, 0.1) is 13.2 Å². The maximum atomic E-state index is 6.89. The van der Waals surface area contributed by atoms with Crippen molar-refractivity contribution in [2.45, 2.75) is 84.0 Å². The third-order valence-corrected chi connectivity index (χ3v) is 10.0. The van der Waals surface area contributed by atoms with E-state index in [0.717, 1.165) is 35.9 Å². The Morgan fingerprint density at radius 3 is 2.20 bits per heavy atom. The molecule has 0 aromatic heterocycles. The molecule has 25 heavy (non-hydrogen) atoms. The van der Waals surface area contributed by atoms with E-state index in [9.17, 15) is 0 Å². The van der Waals surface area contributed by atoms with E-state index in [-0.39, 0.29) is 6.10 Å². The van der Waals surface area contributed by atoms with Crippen LogP contribution in [0.3, 0.4) is 0 Å². The number of benzene rings is 1. The molecule has 0 saturated heterocycles. The molecular weight excluding hydrogens is 324 g/mol. The predicted molar refractivity (Wildman–Crippen MR) is 112 cm³/mol.